The molecule has 1 amide bonds. The molecule has 1 aromatic rings. The van der Waals surface area contributed by atoms with Crippen LogP contribution in [0.2, 0.25) is 0 Å². The van der Waals surface area contributed by atoms with Crippen molar-refractivity contribution >= 4 is 29.0 Å². The van der Waals surface area contributed by atoms with E-state index < -0.39 is 0 Å². The highest BCUT2D eigenvalue weighted by Gasteiger charge is 2.14. The van der Waals surface area contributed by atoms with E-state index in [1.165, 1.54) is 11.3 Å². The lowest BCUT2D eigenvalue weighted by Gasteiger charge is -2.13. The minimum Gasteiger partial charge on any atom is -0.392 e. The molecule has 6 heteroatoms. The van der Waals surface area contributed by atoms with Crippen molar-refractivity contribution in [3.63, 3.8) is 0 Å². The van der Waals surface area contributed by atoms with Gasteiger partial charge in [-0.1, -0.05) is 6.92 Å². The first-order valence-electron chi connectivity index (χ1n) is 5.35. The number of rotatable bonds is 5. The van der Waals surface area contributed by atoms with Crippen LogP contribution in [-0.4, -0.2) is 22.4 Å². The highest BCUT2D eigenvalue weighted by molar-refractivity contribution is 7.99. The molecule has 0 aliphatic rings. The van der Waals surface area contributed by atoms with Crippen molar-refractivity contribution < 1.29 is 9.90 Å². The summed E-state index contributed by atoms with van der Waals surface area (Å²) in [6, 6.07) is 1.87. The first kappa shape index (κ1) is 14.5. The Morgan fingerprint density at radius 2 is 2.29 bits per heavy atom. The molecule has 0 aliphatic heterocycles. The van der Waals surface area contributed by atoms with Gasteiger partial charge in [-0.25, -0.2) is 5.84 Å². The number of carbonyl (C=O) groups excluding carboxylic acids is 1. The molecule has 2 atom stereocenters. The maximum atomic E-state index is 11.4. The molecule has 1 rings (SSSR count). The molecule has 17 heavy (non-hydrogen) atoms. The standard InChI is InChI=1S/C11H18N2O2S2/c1-6(14)7(2)16-5-9-4-10(11(15)13-12)17-8(9)3/h4,6-7,14H,5,12H2,1-3H3,(H,13,15). The Morgan fingerprint density at radius 1 is 1.65 bits per heavy atom. The largest absolute Gasteiger partial charge is 0.392 e. The van der Waals surface area contributed by atoms with Crippen LogP contribution in [0.15, 0.2) is 6.07 Å². The lowest BCUT2D eigenvalue weighted by atomic mass is 10.3. The van der Waals surface area contributed by atoms with Gasteiger partial charge in [0.25, 0.3) is 5.91 Å². The van der Waals surface area contributed by atoms with Crippen molar-refractivity contribution in [3.05, 3.63) is 21.4 Å². The average Bonchev–Trinajstić information content (AvgIpc) is 2.66. The molecule has 0 saturated heterocycles. The van der Waals surface area contributed by atoms with Crippen LogP contribution in [0.25, 0.3) is 0 Å². The number of hydrazine groups is 1. The van der Waals surface area contributed by atoms with Gasteiger partial charge >= 0.3 is 0 Å². The first-order valence-corrected chi connectivity index (χ1v) is 7.22. The fourth-order valence-corrected chi connectivity index (χ4v) is 3.26. The van der Waals surface area contributed by atoms with Crippen molar-refractivity contribution in [2.45, 2.75) is 37.9 Å². The summed E-state index contributed by atoms with van der Waals surface area (Å²) in [6.07, 6.45) is -0.328. The summed E-state index contributed by atoms with van der Waals surface area (Å²) in [4.78, 5) is 13.1. The molecular formula is C11H18N2O2S2. The molecule has 4 nitrogen and oxygen atoms in total. The van der Waals surface area contributed by atoms with E-state index in [0.29, 0.717) is 4.88 Å². The van der Waals surface area contributed by atoms with Gasteiger partial charge in [-0.15, -0.1) is 11.3 Å². The molecule has 0 aromatic carbocycles. The summed E-state index contributed by atoms with van der Waals surface area (Å²) >= 11 is 3.12. The Morgan fingerprint density at radius 3 is 2.82 bits per heavy atom. The Balaban J connectivity index is 2.66. The van der Waals surface area contributed by atoms with E-state index in [2.05, 4.69) is 5.43 Å². The summed E-state index contributed by atoms with van der Waals surface area (Å²) in [5, 5.41) is 9.58. The van der Waals surface area contributed by atoms with E-state index in [-0.39, 0.29) is 17.3 Å². The number of nitrogens with two attached hydrogens (primary N) is 1. The van der Waals surface area contributed by atoms with Gasteiger partial charge in [-0.05, 0) is 25.5 Å². The van der Waals surface area contributed by atoms with Crippen LogP contribution >= 0.6 is 23.1 Å². The number of hydrogen-bond donors (Lipinski definition) is 3. The third kappa shape index (κ3) is 3.99. The number of aliphatic hydroxyl groups is 1. The first-order chi connectivity index (χ1) is 7.95. The highest BCUT2D eigenvalue weighted by Crippen LogP contribution is 2.27. The minimum absolute atomic E-state index is 0.182. The smallest absolute Gasteiger partial charge is 0.275 e. The minimum atomic E-state index is -0.328. The number of carbonyl (C=O) groups is 1. The Hall–Kier alpha value is -0.560. The summed E-state index contributed by atoms with van der Waals surface area (Å²) in [5.41, 5.74) is 3.26. The third-order valence-corrected chi connectivity index (χ3v) is 5.05. The van der Waals surface area contributed by atoms with Crippen LogP contribution in [-0.2, 0) is 5.75 Å². The number of nitrogen functional groups attached to an aromatic ring is 1. The van der Waals surface area contributed by atoms with Crippen molar-refractivity contribution in [2.24, 2.45) is 5.84 Å². The fourth-order valence-electron chi connectivity index (χ4n) is 1.21. The van der Waals surface area contributed by atoms with E-state index in [1.807, 2.05) is 19.9 Å². The second-order valence-electron chi connectivity index (χ2n) is 3.92. The van der Waals surface area contributed by atoms with Gasteiger partial charge < -0.3 is 5.11 Å². The maximum Gasteiger partial charge on any atom is 0.275 e. The number of aliphatic hydroxyl groups excluding tert-OH is 1. The Labute approximate surface area is 110 Å². The van der Waals surface area contributed by atoms with Gasteiger partial charge in [-0.2, -0.15) is 11.8 Å². The van der Waals surface area contributed by atoms with Gasteiger partial charge in [0.1, 0.15) is 0 Å². The van der Waals surface area contributed by atoms with E-state index in [1.54, 1.807) is 18.7 Å². The number of thiophene rings is 1. The molecule has 0 saturated carbocycles. The van der Waals surface area contributed by atoms with Crippen molar-refractivity contribution in [1.82, 2.24) is 5.43 Å². The van der Waals surface area contributed by atoms with Gasteiger partial charge in [0.2, 0.25) is 0 Å². The zero-order valence-corrected chi connectivity index (χ0v) is 11.8. The summed E-state index contributed by atoms with van der Waals surface area (Å²) in [7, 11) is 0. The number of nitrogens with one attached hydrogen (secondary N) is 1. The Bertz CT molecular complexity index is 391. The number of hydrogen-bond acceptors (Lipinski definition) is 5. The van der Waals surface area contributed by atoms with Gasteiger partial charge in [-0.3, -0.25) is 10.2 Å². The van der Waals surface area contributed by atoms with Gasteiger partial charge in [0, 0.05) is 15.9 Å². The van der Waals surface area contributed by atoms with Crippen molar-refractivity contribution in [3.8, 4) is 0 Å². The molecule has 1 aromatic heterocycles. The van der Waals surface area contributed by atoms with Crippen LogP contribution in [0.1, 0.15) is 34.0 Å². The molecule has 96 valence electrons. The van der Waals surface area contributed by atoms with E-state index in [4.69, 9.17) is 5.84 Å². The van der Waals surface area contributed by atoms with Crippen molar-refractivity contribution in [1.29, 1.82) is 0 Å². The second kappa shape index (κ2) is 6.39. The van der Waals surface area contributed by atoms with Gasteiger partial charge in [0.15, 0.2) is 0 Å². The predicted octanol–water partition coefficient (Wildman–Crippen LogP) is 1.66. The van der Waals surface area contributed by atoms with Crippen LogP contribution in [0, 0.1) is 6.92 Å². The SMILES string of the molecule is Cc1sc(C(=O)NN)cc1CSC(C)C(C)O. The summed E-state index contributed by atoms with van der Waals surface area (Å²) in [6.45, 7) is 5.76. The quantitative estimate of drug-likeness (QED) is 0.434. The number of aryl methyl sites for hydroxylation is 1. The van der Waals surface area contributed by atoms with Gasteiger partial charge in [0.05, 0.1) is 11.0 Å². The van der Waals surface area contributed by atoms with E-state index in [0.717, 1.165) is 16.2 Å². The lowest BCUT2D eigenvalue weighted by Crippen LogP contribution is -2.29. The molecule has 1 heterocycles. The summed E-state index contributed by atoms with van der Waals surface area (Å²) < 4.78 is 0. The molecule has 4 N–H and O–H groups in total. The molecule has 0 aliphatic carbocycles. The molecule has 0 spiro atoms. The Kier molecular flexibility index (Phi) is 5.45. The maximum absolute atomic E-state index is 11.4. The normalized spacial score (nSPS) is 14.4. The zero-order chi connectivity index (χ0) is 13.0. The monoisotopic (exact) mass is 274 g/mol. The van der Waals surface area contributed by atoms with E-state index >= 15 is 0 Å². The second-order valence-corrected chi connectivity index (χ2v) is 6.54. The molecule has 2 unspecified atom stereocenters. The number of amides is 1. The molecule has 0 fully saturated rings. The third-order valence-electron chi connectivity index (χ3n) is 2.56. The molecule has 0 radical (unpaired) electrons. The highest BCUT2D eigenvalue weighted by atomic mass is 32.2. The van der Waals surface area contributed by atoms with E-state index in [9.17, 15) is 9.90 Å². The topological polar surface area (TPSA) is 75.4 Å². The zero-order valence-electron chi connectivity index (χ0n) is 10.2. The average molecular weight is 274 g/mol. The van der Waals surface area contributed by atoms with Crippen LogP contribution < -0.4 is 11.3 Å². The predicted molar refractivity (Wildman–Crippen MR) is 73.1 cm³/mol. The summed E-state index contributed by atoms with van der Waals surface area (Å²) in [5.74, 6) is 5.64. The van der Waals surface area contributed by atoms with Crippen LogP contribution in [0.4, 0.5) is 0 Å². The molecular weight excluding hydrogens is 256 g/mol. The van der Waals surface area contributed by atoms with Crippen LogP contribution in [0.3, 0.4) is 0 Å². The fraction of sp³-hybridized carbons (Fsp3) is 0.545. The lowest BCUT2D eigenvalue weighted by molar-refractivity contribution is 0.0957. The van der Waals surface area contributed by atoms with Crippen molar-refractivity contribution in [2.75, 3.05) is 0 Å². The van der Waals surface area contributed by atoms with Crippen LogP contribution in [0.5, 0.6) is 0 Å². The number of thioether (sulfide) groups is 1. The molecule has 0 bridgehead atoms.